The Balaban J connectivity index is 1.86. The Labute approximate surface area is 226 Å². The number of halogens is 5. The summed E-state index contributed by atoms with van der Waals surface area (Å²) in [7, 11) is 0. The molecule has 4 rings (SSSR count). The summed E-state index contributed by atoms with van der Waals surface area (Å²) in [6, 6.07) is 13.5. The van der Waals surface area contributed by atoms with Crippen molar-refractivity contribution in [1.29, 1.82) is 0 Å². The van der Waals surface area contributed by atoms with E-state index in [1.807, 2.05) is 6.07 Å². The molecule has 5 nitrogen and oxygen atoms in total. The summed E-state index contributed by atoms with van der Waals surface area (Å²) >= 11 is 2.06. The van der Waals surface area contributed by atoms with Gasteiger partial charge >= 0.3 is 12.2 Å². The van der Waals surface area contributed by atoms with E-state index in [0.29, 0.717) is 12.5 Å². The van der Waals surface area contributed by atoms with Crippen molar-refractivity contribution in [3.05, 3.63) is 98.6 Å². The van der Waals surface area contributed by atoms with Crippen molar-refractivity contribution in [3.63, 3.8) is 0 Å². The topological polar surface area (TPSA) is 80.0 Å². The molecule has 1 saturated carbocycles. The van der Waals surface area contributed by atoms with Crippen LogP contribution in [0.3, 0.4) is 0 Å². The van der Waals surface area contributed by atoms with Crippen molar-refractivity contribution >= 4 is 28.6 Å². The summed E-state index contributed by atoms with van der Waals surface area (Å²) in [5.74, 6) is -1.07. The Hall–Kier alpha value is -2.73. The summed E-state index contributed by atoms with van der Waals surface area (Å²) in [6.45, 7) is 0. The average Bonchev–Trinajstić information content (AvgIpc) is 2.85. The predicted octanol–water partition coefficient (Wildman–Crippen LogP) is 5.90. The van der Waals surface area contributed by atoms with Crippen molar-refractivity contribution in [1.82, 2.24) is 15.6 Å². The number of nitrogens with zero attached hydrogens (tertiary/aromatic N) is 1. The highest BCUT2D eigenvalue weighted by Crippen LogP contribution is 2.37. The number of rotatable bonds is 6. The van der Waals surface area contributed by atoms with E-state index in [4.69, 9.17) is 5.73 Å². The van der Waals surface area contributed by atoms with Crippen LogP contribution in [-0.2, 0) is 18.1 Å². The maximum atomic E-state index is 14.7. The maximum Gasteiger partial charge on any atom is 0.416 e. The average molecular weight is 626 g/mol. The predicted molar refractivity (Wildman–Crippen MR) is 141 cm³/mol. The molecule has 0 spiro atoms. The Morgan fingerprint density at radius 3 is 2.38 bits per heavy atom. The molecule has 0 aliphatic heterocycles. The molecule has 2 aromatic carbocycles. The zero-order chi connectivity index (χ0) is 26.6. The first kappa shape index (κ1) is 27.3. The highest BCUT2D eigenvalue weighted by Gasteiger charge is 2.41. The van der Waals surface area contributed by atoms with Crippen LogP contribution in [0.4, 0.5) is 22.4 Å². The molecule has 37 heavy (non-hydrogen) atoms. The monoisotopic (exact) mass is 626 g/mol. The van der Waals surface area contributed by atoms with Gasteiger partial charge in [-0.25, -0.2) is 9.18 Å². The molecule has 1 aliphatic carbocycles. The van der Waals surface area contributed by atoms with Crippen LogP contribution in [-0.4, -0.2) is 23.1 Å². The van der Waals surface area contributed by atoms with Crippen LogP contribution in [0.1, 0.15) is 48.1 Å². The Bertz CT molecular complexity index is 1220. The second-order valence-corrected chi connectivity index (χ2v) is 10.6. The molecule has 3 aromatic rings. The van der Waals surface area contributed by atoms with Gasteiger partial charge in [-0.2, -0.15) is 13.2 Å². The molecule has 10 heteroatoms. The molecule has 0 unspecified atom stereocenters. The number of benzene rings is 2. The summed E-state index contributed by atoms with van der Waals surface area (Å²) in [5.41, 5.74) is 4.37. The number of urea groups is 1. The van der Waals surface area contributed by atoms with Crippen LogP contribution < -0.4 is 16.4 Å². The molecular formula is C27H27F4IN4O. The van der Waals surface area contributed by atoms with Gasteiger partial charge in [0, 0.05) is 28.3 Å². The standard InChI is InChI=1S/C27H27F4IN4O/c28-20-13-18(12-19(14-20)27(29,30)31)26(15-17-6-2-1-3-7-17,24-11-10-21(32)16-34-24)36-25(37)35-23-9-5-4-8-22(23)33/h1-3,6-7,10-14,16,22-23H,4-5,8-9,15,33H2,(H2,35,36,37)/t22-,23-,26+/m0/s1. The van der Waals surface area contributed by atoms with E-state index >= 15 is 0 Å². The lowest BCUT2D eigenvalue weighted by Gasteiger charge is -2.37. The maximum absolute atomic E-state index is 14.7. The lowest BCUT2D eigenvalue weighted by atomic mass is 9.79. The van der Waals surface area contributed by atoms with Crippen molar-refractivity contribution in [3.8, 4) is 0 Å². The van der Waals surface area contributed by atoms with Gasteiger partial charge in [-0.3, -0.25) is 4.98 Å². The van der Waals surface area contributed by atoms with Gasteiger partial charge in [0.1, 0.15) is 11.4 Å². The number of aromatic nitrogens is 1. The van der Waals surface area contributed by atoms with E-state index in [-0.39, 0.29) is 29.8 Å². The van der Waals surface area contributed by atoms with Crippen LogP contribution >= 0.6 is 22.6 Å². The Morgan fingerprint density at radius 1 is 1.03 bits per heavy atom. The number of hydrogen-bond donors (Lipinski definition) is 3. The smallest absolute Gasteiger partial charge is 0.334 e. The first-order valence-corrected chi connectivity index (χ1v) is 13.0. The molecule has 1 heterocycles. The van der Waals surface area contributed by atoms with Gasteiger partial charge in [0.05, 0.1) is 11.3 Å². The zero-order valence-electron chi connectivity index (χ0n) is 19.9. The first-order valence-electron chi connectivity index (χ1n) is 12.0. The van der Waals surface area contributed by atoms with Crippen LogP contribution in [0.5, 0.6) is 0 Å². The van der Waals surface area contributed by atoms with Crippen LogP contribution in [0.2, 0.25) is 0 Å². The van der Waals surface area contributed by atoms with E-state index in [1.165, 1.54) is 0 Å². The van der Waals surface area contributed by atoms with Crippen molar-refractivity contribution in [2.24, 2.45) is 5.73 Å². The Kier molecular flexibility index (Phi) is 8.37. The molecule has 0 bridgehead atoms. The molecular weight excluding hydrogens is 599 g/mol. The lowest BCUT2D eigenvalue weighted by Crippen LogP contribution is -2.57. The summed E-state index contributed by atoms with van der Waals surface area (Å²) in [4.78, 5) is 17.9. The van der Waals surface area contributed by atoms with E-state index in [0.717, 1.165) is 40.5 Å². The number of pyridine rings is 1. The number of amides is 2. The first-order chi connectivity index (χ1) is 17.6. The highest BCUT2D eigenvalue weighted by atomic mass is 127. The van der Waals surface area contributed by atoms with Crippen LogP contribution in [0, 0.1) is 9.39 Å². The minimum Gasteiger partial charge on any atom is -0.334 e. The molecule has 0 saturated heterocycles. The van der Waals surface area contributed by atoms with Crippen molar-refractivity contribution in [2.75, 3.05) is 0 Å². The van der Waals surface area contributed by atoms with Crippen LogP contribution in [0.25, 0.3) is 0 Å². The van der Waals surface area contributed by atoms with Crippen molar-refractivity contribution in [2.45, 2.75) is 55.9 Å². The molecule has 1 fully saturated rings. The zero-order valence-corrected chi connectivity index (χ0v) is 22.0. The van der Waals surface area contributed by atoms with E-state index in [1.54, 1.807) is 42.6 Å². The highest BCUT2D eigenvalue weighted by molar-refractivity contribution is 14.1. The number of carbonyl (C=O) groups is 1. The third-order valence-electron chi connectivity index (χ3n) is 6.66. The number of alkyl halides is 3. The lowest BCUT2D eigenvalue weighted by molar-refractivity contribution is -0.137. The van der Waals surface area contributed by atoms with Gasteiger partial charge in [0.25, 0.3) is 0 Å². The van der Waals surface area contributed by atoms with Gasteiger partial charge in [-0.15, -0.1) is 0 Å². The SMILES string of the molecule is N[C@H]1CCCC[C@@H]1NC(=O)N[C@](Cc1ccccc1)(c1cc(F)cc(C(F)(F)F)c1)c1ccc(I)cn1. The van der Waals surface area contributed by atoms with Gasteiger partial charge in [-0.1, -0.05) is 43.2 Å². The molecule has 4 N–H and O–H groups in total. The third-order valence-corrected chi connectivity index (χ3v) is 7.30. The van der Waals surface area contributed by atoms with E-state index < -0.39 is 29.1 Å². The van der Waals surface area contributed by atoms with Crippen LogP contribution in [0.15, 0.2) is 66.9 Å². The minimum absolute atomic E-state index is 0.0341. The number of nitrogens with one attached hydrogen (secondary N) is 2. The largest absolute Gasteiger partial charge is 0.416 e. The normalized spacial score (nSPS) is 19.6. The summed E-state index contributed by atoms with van der Waals surface area (Å²) in [6.07, 6.45) is 0.132. The van der Waals surface area contributed by atoms with E-state index in [2.05, 4.69) is 38.2 Å². The second kappa shape index (κ2) is 11.3. The Morgan fingerprint density at radius 2 is 1.73 bits per heavy atom. The third kappa shape index (κ3) is 6.59. The molecule has 2 amide bonds. The summed E-state index contributed by atoms with van der Waals surface area (Å²) in [5, 5.41) is 5.80. The number of hydrogen-bond acceptors (Lipinski definition) is 3. The number of nitrogens with two attached hydrogens (primary N) is 1. The molecule has 196 valence electrons. The molecule has 1 aliphatic rings. The minimum atomic E-state index is -4.79. The van der Waals surface area contributed by atoms with Gasteiger partial charge < -0.3 is 16.4 Å². The molecule has 3 atom stereocenters. The van der Waals surface area contributed by atoms with Crippen molar-refractivity contribution < 1.29 is 22.4 Å². The fourth-order valence-corrected chi connectivity index (χ4v) is 5.11. The van der Waals surface area contributed by atoms with Gasteiger partial charge in [0.2, 0.25) is 0 Å². The fourth-order valence-electron chi connectivity index (χ4n) is 4.79. The van der Waals surface area contributed by atoms with Gasteiger partial charge in [-0.05, 0) is 76.9 Å². The number of carbonyl (C=O) groups excluding carboxylic acids is 1. The summed E-state index contributed by atoms with van der Waals surface area (Å²) < 4.78 is 56.7. The molecule has 1 aromatic heterocycles. The quantitative estimate of drug-likeness (QED) is 0.236. The van der Waals surface area contributed by atoms with Gasteiger partial charge in [0.15, 0.2) is 0 Å². The fraction of sp³-hybridized carbons (Fsp3) is 0.333. The second-order valence-electron chi connectivity index (χ2n) is 9.31. The van der Waals surface area contributed by atoms with E-state index in [9.17, 15) is 22.4 Å². The molecule has 0 radical (unpaired) electrons.